The molecule has 0 aliphatic carbocycles. The van der Waals surface area contributed by atoms with Gasteiger partial charge >= 0.3 is 0 Å². The molecule has 0 radical (unpaired) electrons. The first-order valence-electron chi connectivity index (χ1n) is 8.85. The third-order valence-electron chi connectivity index (χ3n) is 3.86. The van der Waals surface area contributed by atoms with Gasteiger partial charge in [0.2, 0.25) is 4.96 Å². The molecule has 0 saturated carbocycles. The van der Waals surface area contributed by atoms with E-state index in [2.05, 4.69) is 17.0 Å². The van der Waals surface area contributed by atoms with E-state index in [0.717, 1.165) is 29.7 Å². The summed E-state index contributed by atoms with van der Waals surface area (Å²) in [4.78, 5) is 28.4. The van der Waals surface area contributed by atoms with E-state index in [0.29, 0.717) is 29.2 Å². The highest BCUT2D eigenvalue weighted by Crippen LogP contribution is 2.29. The van der Waals surface area contributed by atoms with E-state index in [4.69, 9.17) is 9.47 Å². The minimum absolute atomic E-state index is 0.196. The van der Waals surface area contributed by atoms with Crippen LogP contribution in [0.1, 0.15) is 37.9 Å². The van der Waals surface area contributed by atoms with Gasteiger partial charge < -0.3 is 9.47 Å². The fraction of sp³-hybridized carbons (Fsp3) is 0.368. The van der Waals surface area contributed by atoms with Gasteiger partial charge in [-0.15, -0.1) is 0 Å². The Morgan fingerprint density at radius 1 is 1.19 bits per heavy atom. The second-order valence-corrected chi connectivity index (χ2v) is 6.96. The molecule has 0 bridgehead atoms. The maximum atomic E-state index is 12.5. The van der Waals surface area contributed by atoms with Crippen molar-refractivity contribution < 1.29 is 9.47 Å². The maximum absolute atomic E-state index is 12.5. The van der Waals surface area contributed by atoms with Crippen molar-refractivity contribution in [2.45, 2.75) is 33.6 Å². The number of benzene rings is 1. The molecule has 2 heterocycles. The topological polar surface area (TPSA) is 82.8 Å². The Morgan fingerprint density at radius 3 is 2.74 bits per heavy atom. The van der Waals surface area contributed by atoms with Gasteiger partial charge in [-0.05, 0) is 44.0 Å². The SMILES string of the molecule is CCCCOc1ccc(/C=c2\sc3nc(=O)c(C)nn3c2=O)cc1OCC. The van der Waals surface area contributed by atoms with E-state index >= 15 is 0 Å². The minimum atomic E-state index is -0.421. The molecule has 27 heavy (non-hydrogen) atoms. The number of thiazole rings is 1. The number of hydrogen-bond acceptors (Lipinski definition) is 7. The molecule has 0 aliphatic heterocycles. The Hall–Kier alpha value is -2.74. The molecule has 0 atom stereocenters. The van der Waals surface area contributed by atoms with Gasteiger partial charge in [0.1, 0.15) is 5.69 Å². The van der Waals surface area contributed by atoms with Crippen molar-refractivity contribution in [2.75, 3.05) is 13.2 Å². The summed E-state index contributed by atoms with van der Waals surface area (Å²) in [5.74, 6) is 1.32. The van der Waals surface area contributed by atoms with Crippen molar-refractivity contribution in [3.63, 3.8) is 0 Å². The summed E-state index contributed by atoms with van der Waals surface area (Å²) in [7, 11) is 0. The fourth-order valence-electron chi connectivity index (χ4n) is 2.47. The molecule has 0 N–H and O–H groups in total. The number of aryl methyl sites for hydroxylation is 1. The molecule has 3 rings (SSSR count). The lowest BCUT2D eigenvalue weighted by atomic mass is 10.2. The largest absolute Gasteiger partial charge is 0.490 e. The Labute approximate surface area is 159 Å². The molecule has 0 saturated heterocycles. The van der Waals surface area contributed by atoms with Gasteiger partial charge in [0.25, 0.3) is 11.1 Å². The normalized spacial score (nSPS) is 11.9. The van der Waals surface area contributed by atoms with Gasteiger partial charge in [0.15, 0.2) is 11.5 Å². The average molecular weight is 387 g/mol. The van der Waals surface area contributed by atoms with Crippen LogP contribution in [-0.2, 0) is 0 Å². The molecule has 0 unspecified atom stereocenters. The van der Waals surface area contributed by atoms with Crippen LogP contribution in [0, 0.1) is 6.92 Å². The molecule has 3 aromatic rings. The zero-order valence-corrected chi connectivity index (χ0v) is 16.3. The van der Waals surface area contributed by atoms with Crippen LogP contribution in [-0.4, -0.2) is 27.8 Å². The molecule has 0 aliphatic rings. The molecule has 0 amide bonds. The van der Waals surface area contributed by atoms with Crippen LogP contribution in [0.15, 0.2) is 27.8 Å². The Kier molecular flexibility index (Phi) is 5.85. The first kappa shape index (κ1) is 19.0. The lowest BCUT2D eigenvalue weighted by molar-refractivity contribution is 0.272. The average Bonchev–Trinajstić information content (AvgIpc) is 2.93. The lowest BCUT2D eigenvalue weighted by Gasteiger charge is -2.12. The van der Waals surface area contributed by atoms with Crippen LogP contribution < -0.4 is 25.1 Å². The Bertz CT molecular complexity index is 1120. The molecule has 0 spiro atoms. The summed E-state index contributed by atoms with van der Waals surface area (Å²) in [5.41, 5.74) is 0.271. The van der Waals surface area contributed by atoms with Gasteiger partial charge in [-0.1, -0.05) is 30.7 Å². The number of fused-ring (bicyclic) bond motifs is 1. The number of rotatable bonds is 7. The predicted molar refractivity (Wildman–Crippen MR) is 105 cm³/mol. The maximum Gasteiger partial charge on any atom is 0.295 e. The first-order chi connectivity index (χ1) is 13.0. The van der Waals surface area contributed by atoms with Crippen LogP contribution in [0.4, 0.5) is 0 Å². The van der Waals surface area contributed by atoms with Crippen molar-refractivity contribution in [1.82, 2.24) is 14.6 Å². The Morgan fingerprint density at radius 2 is 2.00 bits per heavy atom. The fourth-order valence-corrected chi connectivity index (χ4v) is 3.37. The molecule has 8 heteroatoms. The summed E-state index contributed by atoms with van der Waals surface area (Å²) >= 11 is 1.13. The van der Waals surface area contributed by atoms with Gasteiger partial charge in [-0.3, -0.25) is 9.59 Å². The summed E-state index contributed by atoms with van der Waals surface area (Å²) in [6, 6.07) is 5.54. The quantitative estimate of drug-likeness (QED) is 0.576. The second-order valence-electron chi connectivity index (χ2n) is 5.95. The number of unbranched alkanes of at least 4 members (excludes halogenated alkanes) is 1. The molecule has 0 fully saturated rings. The number of hydrogen-bond donors (Lipinski definition) is 0. The van der Waals surface area contributed by atoms with Crippen molar-refractivity contribution in [1.29, 1.82) is 0 Å². The monoisotopic (exact) mass is 387 g/mol. The lowest BCUT2D eigenvalue weighted by Crippen LogP contribution is -2.27. The van der Waals surface area contributed by atoms with Crippen molar-refractivity contribution in [3.05, 3.63) is 54.7 Å². The van der Waals surface area contributed by atoms with Crippen LogP contribution in [0.2, 0.25) is 0 Å². The van der Waals surface area contributed by atoms with Gasteiger partial charge in [0.05, 0.1) is 17.7 Å². The molecular weight excluding hydrogens is 366 g/mol. The highest BCUT2D eigenvalue weighted by Gasteiger charge is 2.10. The van der Waals surface area contributed by atoms with E-state index < -0.39 is 5.56 Å². The van der Waals surface area contributed by atoms with E-state index in [9.17, 15) is 9.59 Å². The first-order valence-corrected chi connectivity index (χ1v) is 9.67. The smallest absolute Gasteiger partial charge is 0.295 e. The second kappa shape index (κ2) is 8.30. The van der Waals surface area contributed by atoms with Gasteiger partial charge in [-0.25, -0.2) is 0 Å². The van der Waals surface area contributed by atoms with E-state index in [1.165, 1.54) is 11.4 Å². The summed E-state index contributed by atoms with van der Waals surface area (Å²) in [6.07, 6.45) is 3.76. The standard InChI is InChI=1S/C19H21N3O4S/c1-4-6-9-26-14-8-7-13(10-15(14)25-5-2)11-16-18(24)22-19(27-16)20-17(23)12(3)21-22/h7-8,10-11H,4-6,9H2,1-3H3/b16-11-. The van der Waals surface area contributed by atoms with Crippen molar-refractivity contribution in [3.8, 4) is 11.5 Å². The molecule has 2 aromatic heterocycles. The Balaban J connectivity index is 2.02. The van der Waals surface area contributed by atoms with Crippen LogP contribution >= 0.6 is 11.3 Å². The van der Waals surface area contributed by atoms with E-state index in [-0.39, 0.29) is 16.2 Å². The third-order valence-corrected chi connectivity index (χ3v) is 4.82. The zero-order valence-electron chi connectivity index (χ0n) is 15.5. The molecule has 142 valence electrons. The number of aromatic nitrogens is 3. The highest BCUT2D eigenvalue weighted by molar-refractivity contribution is 7.15. The van der Waals surface area contributed by atoms with Crippen molar-refractivity contribution >= 4 is 22.4 Å². The van der Waals surface area contributed by atoms with Crippen LogP contribution in [0.5, 0.6) is 11.5 Å². The summed E-state index contributed by atoms with van der Waals surface area (Å²) in [5, 5.41) is 4.01. The zero-order chi connectivity index (χ0) is 19.4. The summed E-state index contributed by atoms with van der Waals surface area (Å²) in [6.45, 7) is 6.69. The van der Waals surface area contributed by atoms with Gasteiger partial charge in [-0.2, -0.15) is 14.6 Å². The third kappa shape index (κ3) is 4.16. The predicted octanol–water partition coefficient (Wildman–Crippen LogP) is 1.94. The van der Waals surface area contributed by atoms with Crippen molar-refractivity contribution in [2.24, 2.45) is 0 Å². The molecular formula is C19H21N3O4S. The number of ether oxygens (including phenoxy) is 2. The molecule has 7 nitrogen and oxygen atoms in total. The number of nitrogens with zero attached hydrogens (tertiary/aromatic N) is 3. The highest BCUT2D eigenvalue weighted by atomic mass is 32.1. The van der Waals surface area contributed by atoms with Gasteiger partial charge in [0, 0.05) is 0 Å². The van der Waals surface area contributed by atoms with Crippen LogP contribution in [0.25, 0.3) is 11.0 Å². The molecule has 1 aromatic carbocycles. The van der Waals surface area contributed by atoms with E-state index in [1.54, 1.807) is 6.08 Å². The minimum Gasteiger partial charge on any atom is -0.490 e. The summed E-state index contributed by atoms with van der Waals surface area (Å²) < 4.78 is 13.1. The van der Waals surface area contributed by atoms with E-state index in [1.807, 2.05) is 25.1 Å². The van der Waals surface area contributed by atoms with Crippen LogP contribution in [0.3, 0.4) is 0 Å².